The molecule has 0 radical (unpaired) electrons. The molecule has 2 aliphatic carbocycles. The molecule has 0 saturated heterocycles. The molecule has 0 aromatic heterocycles. The van der Waals surface area contributed by atoms with Gasteiger partial charge in [0.25, 0.3) is 0 Å². The summed E-state index contributed by atoms with van der Waals surface area (Å²) in [5.74, 6) is 1.86. The van der Waals surface area contributed by atoms with E-state index >= 15 is 0 Å². The summed E-state index contributed by atoms with van der Waals surface area (Å²) in [6.45, 7) is 10.5. The fourth-order valence-electron chi connectivity index (χ4n) is 4.76. The van der Waals surface area contributed by atoms with Crippen molar-refractivity contribution < 1.29 is 10.2 Å². The van der Waals surface area contributed by atoms with Crippen LogP contribution in [-0.2, 0) is 0 Å². The number of aliphatic hydroxyl groups excluding tert-OH is 1. The van der Waals surface area contributed by atoms with Crippen molar-refractivity contribution in [3.05, 3.63) is 12.2 Å². The highest BCUT2D eigenvalue weighted by molar-refractivity contribution is 5.06. The van der Waals surface area contributed by atoms with Crippen molar-refractivity contribution in [1.29, 1.82) is 0 Å². The van der Waals surface area contributed by atoms with Gasteiger partial charge in [0.2, 0.25) is 0 Å². The minimum atomic E-state index is -0.653. The van der Waals surface area contributed by atoms with Gasteiger partial charge in [0.1, 0.15) is 0 Å². The van der Waals surface area contributed by atoms with Crippen LogP contribution in [0.15, 0.2) is 12.2 Å². The van der Waals surface area contributed by atoms with Gasteiger partial charge in [-0.25, -0.2) is 0 Å². The third kappa shape index (κ3) is 3.37. The number of aliphatic hydroxyl groups is 2. The number of allylic oxidation sites excluding steroid dienone is 1. The van der Waals surface area contributed by atoms with E-state index in [0.717, 1.165) is 6.42 Å². The quantitative estimate of drug-likeness (QED) is 0.764. The van der Waals surface area contributed by atoms with Gasteiger partial charge in [0.05, 0.1) is 11.7 Å². The second kappa shape index (κ2) is 6.04. The Bertz CT molecular complexity index is 382. The summed E-state index contributed by atoms with van der Waals surface area (Å²) in [6, 6.07) is 0. The lowest BCUT2D eigenvalue weighted by molar-refractivity contribution is -0.0232. The summed E-state index contributed by atoms with van der Waals surface area (Å²) < 4.78 is 0. The molecular formula is C19H34O2. The second-order valence-corrected chi connectivity index (χ2v) is 8.44. The molecule has 0 spiro atoms. The lowest BCUT2D eigenvalue weighted by atomic mass is 9.62. The maximum Gasteiger partial charge on any atom is 0.0651 e. The second-order valence-electron chi connectivity index (χ2n) is 8.44. The van der Waals surface area contributed by atoms with Crippen LogP contribution >= 0.6 is 0 Å². The molecule has 2 heteroatoms. The van der Waals surface area contributed by atoms with E-state index in [1.807, 2.05) is 13.8 Å². The van der Waals surface area contributed by atoms with Gasteiger partial charge in [-0.15, -0.1) is 0 Å². The van der Waals surface area contributed by atoms with E-state index in [2.05, 4.69) is 32.9 Å². The zero-order chi connectivity index (χ0) is 15.8. The summed E-state index contributed by atoms with van der Waals surface area (Å²) >= 11 is 0. The average Bonchev–Trinajstić information content (AvgIpc) is 2.73. The smallest absolute Gasteiger partial charge is 0.0651 e. The minimum absolute atomic E-state index is 0.0831. The molecule has 2 unspecified atom stereocenters. The summed E-state index contributed by atoms with van der Waals surface area (Å²) in [7, 11) is 0. The van der Waals surface area contributed by atoms with E-state index in [1.165, 1.54) is 25.7 Å². The fourth-order valence-corrected chi connectivity index (χ4v) is 4.76. The van der Waals surface area contributed by atoms with Gasteiger partial charge in [0, 0.05) is 5.92 Å². The normalized spacial score (nSPS) is 40.2. The van der Waals surface area contributed by atoms with Gasteiger partial charge < -0.3 is 10.2 Å². The van der Waals surface area contributed by atoms with Crippen molar-refractivity contribution in [1.82, 2.24) is 0 Å². The SMILES string of the molecule is C[C@@H](C=C[C@H](C)C(C)(C)O)[C@H]1CCC2C(O)CCC[C@@]21C. The zero-order valence-electron chi connectivity index (χ0n) is 14.5. The topological polar surface area (TPSA) is 40.5 Å². The van der Waals surface area contributed by atoms with Gasteiger partial charge in [-0.3, -0.25) is 0 Å². The Kier molecular flexibility index (Phi) is 4.90. The van der Waals surface area contributed by atoms with Crippen molar-refractivity contribution in [2.24, 2.45) is 29.1 Å². The molecular weight excluding hydrogens is 260 g/mol. The molecule has 0 aromatic rings. The molecule has 2 saturated carbocycles. The van der Waals surface area contributed by atoms with Crippen molar-refractivity contribution in [2.45, 2.75) is 78.4 Å². The summed E-state index contributed by atoms with van der Waals surface area (Å²) in [5.41, 5.74) is -0.348. The number of hydrogen-bond donors (Lipinski definition) is 2. The monoisotopic (exact) mass is 294 g/mol. The van der Waals surface area contributed by atoms with Gasteiger partial charge in [-0.2, -0.15) is 0 Å². The average molecular weight is 294 g/mol. The Morgan fingerprint density at radius 3 is 2.43 bits per heavy atom. The predicted molar refractivity (Wildman–Crippen MR) is 87.9 cm³/mol. The highest BCUT2D eigenvalue weighted by Gasteiger charge is 2.51. The van der Waals surface area contributed by atoms with Crippen LogP contribution in [0.5, 0.6) is 0 Å². The predicted octanol–water partition coefficient (Wildman–Crippen LogP) is 4.16. The van der Waals surface area contributed by atoms with E-state index in [4.69, 9.17) is 0 Å². The first kappa shape index (κ1) is 17.0. The molecule has 2 nitrogen and oxygen atoms in total. The fraction of sp³-hybridized carbons (Fsp3) is 0.895. The van der Waals surface area contributed by atoms with Gasteiger partial charge >= 0.3 is 0 Å². The highest BCUT2D eigenvalue weighted by atomic mass is 16.3. The molecule has 0 aromatic carbocycles. The molecule has 21 heavy (non-hydrogen) atoms. The molecule has 0 heterocycles. The number of rotatable bonds is 4. The van der Waals surface area contributed by atoms with Crippen LogP contribution in [0.25, 0.3) is 0 Å². The van der Waals surface area contributed by atoms with Gasteiger partial charge in [-0.05, 0) is 62.7 Å². The van der Waals surface area contributed by atoms with Crippen LogP contribution in [0.2, 0.25) is 0 Å². The van der Waals surface area contributed by atoms with E-state index in [0.29, 0.717) is 23.2 Å². The Balaban J connectivity index is 2.06. The molecule has 0 bridgehead atoms. The van der Waals surface area contributed by atoms with Gasteiger partial charge in [0.15, 0.2) is 0 Å². The Labute approximate surface area is 130 Å². The minimum Gasteiger partial charge on any atom is -0.393 e. The molecule has 0 aliphatic heterocycles. The Morgan fingerprint density at radius 1 is 1.14 bits per heavy atom. The molecule has 0 amide bonds. The number of hydrogen-bond acceptors (Lipinski definition) is 2. The highest BCUT2D eigenvalue weighted by Crippen LogP contribution is 2.57. The van der Waals surface area contributed by atoms with Crippen LogP contribution in [0.4, 0.5) is 0 Å². The van der Waals surface area contributed by atoms with Crippen molar-refractivity contribution >= 4 is 0 Å². The van der Waals surface area contributed by atoms with E-state index in [1.54, 1.807) is 0 Å². The van der Waals surface area contributed by atoms with E-state index in [9.17, 15) is 10.2 Å². The van der Waals surface area contributed by atoms with Crippen LogP contribution in [0.1, 0.15) is 66.7 Å². The lowest BCUT2D eigenvalue weighted by Crippen LogP contribution is -2.41. The van der Waals surface area contributed by atoms with Crippen molar-refractivity contribution in [3.8, 4) is 0 Å². The van der Waals surface area contributed by atoms with Crippen LogP contribution < -0.4 is 0 Å². The maximum absolute atomic E-state index is 10.3. The first-order valence-electron chi connectivity index (χ1n) is 8.75. The Hall–Kier alpha value is -0.340. The third-order valence-electron chi connectivity index (χ3n) is 6.61. The van der Waals surface area contributed by atoms with Crippen molar-refractivity contribution in [3.63, 3.8) is 0 Å². The Morgan fingerprint density at radius 2 is 1.81 bits per heavy atom. The lowest BCUT2D eigenvalue weighted by Gasteiger charge is -2.44. The van der Waals surface area contributed by atoms with Gasteiger partial charge in [-0.1, -0.05) is 39.3 Å². The van der Waals surface area contributed by atoms with E-state index < -0.39 is 5.60 Å². The largest absolute Gasteiger partial charge is 0.393 e. The third-order valence-corrected chi connectivity index (χ3v) is 6.61. The van der Waals surface area contributed by atoms with Crippen LogP contribution in [-0.4, -0.2) is 21.9 Å². The molecule has 2 N–H and O–H groups in total. The first-order valence-corrected chi connectivity index (χ1v) is 8.75. The molecule has 2 aliphatic rings. The molecule has 122 valence electrons. The molecule has 6 atom stereocenters. The summed E-state index contributed by atoms with van der Waals surface area (Å²) in [6.07, 6.45) is 10.2. The van der Waals surface area contributed by atoms with Crippen LogP contribution in [0, 0.1) is 29.1 Å². The van der Waals surface area contributed by atoms with Crippen molar-refractivity contribution in [2.75, 3.05) is 0 Å². The first-order chi connectivity index (χ1) is 9.66. The molecule has 2 rings (SSSR count). The standard InChI is InChI=1S/C19H34O2/c1-13(8-9-14(2)18(3,4)21)15-10-11-16-17(20)7-6-12-19(15,16)5/h8-9,13-17,20-21H,6-7,10-12H2,1-5H3/t13-,14-,15+,16?,17?,19+/m0/s1. The van der Waals surface area contributed by atoms with Crippen LogP contribution in [0.3, 0.4) is 0 Å². The maximum atomic E-state index is 10.3. The molecule has 2 fully saturated rings. The number of fused-ring (bicyclic) bond motifs is 1. The summed E-state index contributed by atoms with van der Waals surface area (Å²) in [4.78, 5) is 0. The summed E-state index contributed by atoms with van der Waals surface area (Å²) in [5, 5.41) is 20.4. The van der Waals surface area contributed by atoms with E-state index in [-0.39, 0.29) is 12.0 Å². The zero-order valence-corrected chi connectivity index (χ0v) is 14.5.